The summed E-state index contributed by atoms with van der Waals surface area (Å²) in [7, 11) is 0. The van der Waals surface area contributed by atoms with Gasteiger partial charge in [0.2, 0.25) is 11.1 Å². The van der Waals surface area contributed by atoms with Crippen LogP contribution in [-0.4, -0.2) is 20.9 Å². The standard InChI is InChI=1S/C13H12N2O3/c1-8-4-3-5-10(6-8)15-9(2)7-11(16)12(14-15)13(17)18/h3-7H,1-2H3,(H,17,18). The van der Waals surface area contributed by atoms with Crippen LogP contribution < -0.4 is 5.43 Å². The van der Waals surface area contributed by atoms with E-state index in [-0.39, 0.29) is 0 Å². The zero-order valence-corrected chi connectivity index (χ0v) is 10.0. The molecule has 0 atom stereocenters. The van der Waals surface area contributed by atoms with Crippen LogP contribution in [0.1, 0.15) is 21.7 Å². The molecule has 92 valence electrons. The van der Waals surface area contributed by atoms with Crippen molar-refractivity contribution in [2.24, 2.45) is 0 Å². The van der Waals surface area contributed by atoms with Crippen molar-refractivity contribution in [3.8, 4) is 5.69 Å². The molecule has 0 aliphatic rings. The van der Waals surface area contributed by atoms with E-state index in [0.29, 0.717) is 5.69 Å². The minimum Gasteiger partial charge on any atom is -0.476 e. The van der Waals surface area contributed by atoms with E-state index in [2.05, 4.69) is 5.10 Å². The molecule has 0 amide bonds. The molecule has 0 bridgehead atoms. The van der Waals surface area contributed by atoms with Gasteiger partial charge in [-0.25, -0.2) is 9.48 Å². The van der Waals surface area contributed by atoms with Gasteiger partial charge in [-0.05, 0) is 31.5 Å². The number of aromatic nitrogens is 2. The second kappa shape index (κ2) is 4.44. The number of carboxylic acid groups (broad SMARTS) is 1. The van der Waals surface area contributed by atoms with Gasteiger partial charge in [0.25, 0.3) is 0 Å². The fraction of sp³-hybridized carbons (Fsp3) is 0.154. The third kappa shape index (κ3) is 2.15. The molecule has 0 unspecified atom stereocenters. The zero-order valence-electron chi connectivity index (χ0n) is 10.0. The number of aromatic carboxylic acids is 1. The Kier molecular flexibility index (Phi) is 2.97. The number of carboxylic acids is 1. The van der Waals surface area contributed by atoms with Crippen molar-refractivity contribution < 1.29 is 9.90 Å². The third-order valence-electron chi connectivity index (χ3n) is 2.56. The molecule has 0 saturated carbocycles. The first-order valence-electron chi connectivity index (χ1n) is 5.40. The van der Waals surface area contributed by atoms with E-state index >= 15 is 0 Å². The predicted molar refractivity (Wildman–Crippen MR) is 66.3 cm³/mol. The van der Waals surface area contributed by atoms with Gasteiger partial charge in [-0.3, -0.25) is 4.79 Å². The van der Waals surface area contributed by atoms with Crippen molar-refractivity contribution in [3.05, 3.63) is 57.5 Å². The summed E-state index contributed by atoms with van der Waals surface area (Å²) in [4.78, 5) is 22.4. The number of carbonyl (C=O) groups is 1. The number of rotatable bonds is 2. The maximum atomic E-state index is 11.5. The van der Waals surface area contributed by atoms with Gasteiger partial charge in [0, 0.05) is 11.8 Å². The SMILES string of the molecule is Cc1cccc(-n2nc(C(=O)O)c(=O)cc2C)c1. The lowest BCUT2D eigenvalue weighted by Gasteiger charge is -2.10. The van der Waals surface area contributed by atoms with Crippen LogP contribution >= 0.6 is 0 Å². The monoisotopic (exact) mass is 244 g/mol. The first-order valence-corrected chi connectivity index (χ1v) is 5.40. The molecule has 1 heterocycles. The highest BCUT2D eigenvalue weighted by atomic mass is 16.4. The van der Waals surface area contributed by atoms with E-state index < -0.39 is 17.1 Å². The van der Waals surface area contributed by atoms with Gasteiger partial charge < -0.3 is 5.11 Å². The second-order valence-corrected chi connectivity index (χ2v) is 4.05. The van der Waals surface area contributed by atoms with E-state index in [0.717, 1.165) is 11.3 Å². The number of hydrogen-bond acceptors (Lipinski definition) is 3. The van der Waals surface area contributed by atoms with Crippen LogP contribution in [-0.2, 0) is 0 Å². The van der Waals surface area contributed by atoms with E-state index in [1.54, 1.807) is 6.92 Å². The first kappa shape index (κ1) is 12.0. The highest BCUT2D eigenvalue weighted by Gasteiger charge is 2.13. The summed E-state index contributed by atoms with van der Waals surface area (Å²) in [6.07, 6.45) is 0. The molecule has 2 rings (SSSR count). The lowest BCUT2D eigenvalue weighted by molar-refractivity contribution is 0.0686. The summed E-state index contributed by atoms with van der Waals surface area (Å²) >= 11 is 0. The molecule has 0 spiro atoms. The van der Waals surface area contributed by atoms with Gasteiger partial charge >= 0.3 is 5.97 Å². The average molecular weight is 244 g/mol. The predicted octanol–water partition coefficient (Wildman–Crippen LogP) is 1.55. The molecule has 5 nitrogen and oxygen atoms in total. The first-order chi connectivity index (χ1) is 8.49. The summed E-state index contributed by atoms with van der Waals surface area (Å²) in [5.41, 5.74) is 1.31. The van der Waals surface area contributed by atoms with Crippen LogP contribution in [0.3, 0.4) is 0 Å². The average Bonchev–Trinajstić information content (AvgIpc) is 2.28. The van der Waals surface area contributed by atoms with Crippen LogP contribution in [0.15, 0.2) is 35.1 Å². The fourth-order valence-electron chi connectivity index (χ4n) is 1.72. The summed E-state index contributed by atoms with van der Waals surface area (Å²) in [6.45, 7) is 3.64. The molecular formula is C13H12N2O3. The molecule has 5 heteroatoms. The zero-order chi connectivity index (χ0) is 13.3. The second-order valence-electron chi connectivity index (χ2n) is 4.05. The Labute approximate surface area is 103 Å². The number of benzene rings is 1. The minimum atomic E-state index is -1.32. The van der Waals surface area contributed by atoms with E-state index in [4.69, 9.17) is 5.11 Å². The third-order valence-corrected chi connectivity index (χ3v) is 2.56. The Bertz CT molecular complexity index is 674. The molecule has 1 aromatic carbocycles. The smallest absolute Gasteiger partial charge is 0.360 e. The van der Waals surface area contributed by atoms with Crippen molar-refractivity contribution in [3.63, 3.8) is 0 Å². The van der Waals surface area contributed by atoms with Gasteiger partial charge in [0.05, 0.1) is 5.69 Å². The lowest BCUT2D eigenvalue weighted by atomic mass is 10.2. The molecule has 0 saturated heterocycles. The van der Waals surface area contributed by atoms with Crippen LogP contribution in [0.5, 0.6) is 0 Å². The fourth-order valence-corrected chi connectivity index (χ4v) is 1.72. The number of nitrogens with zero attached hydrogens (tertiary/aromatic N) is 2. The molecule has 18 heavy (non-hydrogen) atoms. The van der Waals surface area contributed by atoms with E-state index in [1.807, 2.05) is 31.2 Å². The van der Waals surface area contributed by atoms with Crippen LogP contribution in [0.2, 0.25) is 0 Å². The Morgan fingerprint density at radius 1 is 1.28 bits per heavy atom. The van der Waals surface area contributed by atoms with Gasteiger partial charge in [-0.1, -0.05) is 12.1 Å². The number of hydrogen-bond donors (Lipinski definition) is 1. The maximum absolute atomic E-state index is 11.5. The Morgan fingerprint density at radius 3 is 2.61 bits per heavy atom. The summed E-state index contributed by atoms with van der Waals surface area (Å²) < 4.78 is 1.46. The van der Waals surface area contributed by atoms with Gasteiger partial charge in [-0.15, -0.1) is 0 Å². The van der Waals surface area contributed by atoms with Crippen molar-refractivity contribution in [2.45, 2.75) is 13.8 Å². The lowest BCUT2D eigenvalue weighted by Crippen LogP contribution is -2.22. The van der Waals surface area contributed by atoms with Crippen molar-refractivity contribution in [2.75, 3.05) is 0 Å². The topological polar surface area (TPSA) is 72.2 Å². The largest absolute Gasteiger partial charge is 0.476 e. The maximum Gasteiger partial charge on any atom is 0.360 e. The summed E-state index contributed by atoms with van der Waals surface area (Å²) in [5, 5.41) is 12.8. The Balaban J connectivity index is 2.68. The van der Waals surface area contributed by atoms with Gasteiger partial charge in [0.1, 0.15) is 0 Å². The van der Waals surface area contributed by atoms with E-state index in [1.165, 1.54) is 10.7 Å². The Hall–Kier alpha value is -2.43. The minimum absolute atomic E-state index is 0.470. The molecule has 0 aliphatic heterocycles. The summed E-state index contributed by atoms with van der Waals surface area (Å²) in [6, 6.07) is 8.74. The molecule has 0 radical (unpaired) electrons. The van der Waals surface area contributed by atoms with Crippen molar-refractivity contribution >= 4 is 5.97 Å². The van der Waals surface area contributed by atoms with E-state index in [9.17, 15) is 9.59 Å². The normalized spacial score (nSPS) is 10.3. The quantitative estimate of drug-likeness (QED) is 0.869. The summed E-state index contributed by atoms with van der Waals surface area (Å²) in [5.74, 6) is -1.32. The highest BCUT2D eigenvalue weighted by molar-refractivity contribution is 5.84. The molecule has 0 fully saturated rings. The molecular weight excluding hydrogens is 232 g/mol. The molecule has 0 aliphatic carbocycles. The van der Waals surface area contributed by atoms with Crippen LogP contribution in [0, 0.1) is 13.8 Å². The van der Waals surface area contributed by atoms with Crippen molar-refractivity contribution in [1.82, 2.24) is 9.78 Å². The molecule has 2 aromatic rings. The van der Waals surface area contributed by atoms with Crippen LogP contribution in [0.4, 0.5) is 0 Å². The Morgan fingerprint density at radius 2 is 2.00 bits per heavy atom. The van der Waals surface area contributed by atoms with Crippen LogP contribution in [0.25, 0.3) is 5.69 Å². The molecule has 1 aromatic heterocycles. The number of aryl methyl sites for hydroxylation is 2. The molecule has 1 N–H and O–H groups in total. The van der Waals surface area contributed by atoms with Gasteiger partial charge in [0.15, 0.2) is 0 Å². The highest BCUT2D eigenvalue weighted by Crippen LogP contribution is 2.10. The van der Waals surface area contributed by atoms with Gasteiger partial charge in [-0.2, -0.15) is 5.10 Å². The van der Waals surface area contributed by atoms with Crippen molar-refractivity contribution in [1.29, 1.82) is 0 Å².